The molecule has 398 valence electrons. The van der Waals surface area contributed by atoms with E-state index in [-0.39, 0.29) is 22.3 Å². The van der Waals surface area contributed by atoms with Crippen LogP contribution >= 0.6 is 18.6 Å². The molecule has 70 heavy (non-hydrogen) atoms. The Morgan fingerprint density at radius 3 is 0.500 bits per heavy atom. The molecular weight excluding hydrogens is 924 g/mol. The van der Waals surface area contributed by atoms with Crippen LogP contribution in [0.5, 0.6) is 0 Å². The fourth-order valence-electron chi connectivity index (χ4n) is 18.5. The van der Waals surface area contributed by atoms with E-state index in [1.807, 2.05) is 0 Å². The van der Waals surface area contributed by atoms with E-state index in [1.165, 1.54) is 25.7 Å². The first kappa shape index (κ1) is 63.5. The third-order valence-electron chi connectivity index (χ3n) is 24.3. The van der Waals surface area contributed by atoms with E-state index >= 15 is 0 Å². The van der Waals surface area contributed by atoms with Gasteiger partial charge in [0.1, 0.15) is 0 Å². The topological polar surface area (TPSA) is 0 Å². The molecule has 0 heterocycles. The van der Waals surface area contributed by atoms with Crippen LogP contribution in [0.1, 0.15) is 199 Å². The number of fused-ring (bicyclic) bond motifs is 4. The van der Waals surface area contributed by atoms with Crippen LogP contribution in [-0.2, 0) is 17.0 Å². The Morgan fingerprint density at radius 1 is 0.257 bits per heavy atom. The minimum atomic E-state index is -0.556. The summed E-state index contributed by atoms with van der Waals surface area (Å²) in [4.78, 5) is 0. The molecule has 0 saturated heterocycles. The van der Waals surface area contributed by atoms with Gasteiger partial charge in [-0.1, -0.05) is 107 Å². The zero-order valence-corrected chi connectivity index (χ0v) is 52.7. The molecule has 0 radical (unpaired) electrons. The van der Waals surface area contributed by atoms with Crippen LogP contribution in [0.2, 0.25) is 0 Å². The Morgan fingerprint density at radius 2 is 0.371 bits per heavy atom. The van der Waals surface area contributed by atoms with E-state index in [4.69, 9.17) is 18.6 Å². The number of halogens is 2. The summed E-state index contributed by atoms with van der Waals surface area (Å²) in [7, 11) is 9.78. The molecule has 8 aliphatic carbocycles. The van der Waals surface area contributed by atoms with Crippen molar-refractivity contribution in [3.05, 3.63) is 104 Å². The van der Waals surface area contributed by atoms with Crippen molar-refractivity contribution in [3.63, 3.8) is 0 Å². The third kappa shape index (κ3) is 10.3. The fourth-order valence-corrected chi connectivity index (χ4v) is 18.5. The summed E-state index contributed by atoms with van der Waals surface area (Å²) in [6.07, 6.45) is 5.68. The SMILES string of the molecule is C.CC1=C(C)C2C(C)C(C)C(CCC3C(C)C(C)C4C(C)=C(C)C(C)=C(C)C34)C2C(C)=C1C.CC1=C(C)C2C(C)C(C)C(CCC3C(C)C(C)C4C(C)=C(C)C(C)=C(C)C34)C2C(C)=C1C.[CH3-].[CH3-].[Cl][Ti][Cl]. The van der Waals surface area contributed by atoms with Gasteiger partial charge in [-0.3, -0.25) is 0 Å². The zero-order valence-electron chi connectivity index (χ0n) is 49.6. The average Bonchev–Trinajstić information content (AvgIpc) is 3.90. The van der Waals surface area contributed by atoms with E-state index in [2.05, 4.69) is 166 Å². The van der Waals surface area contributed by atoms with Gasteiger partial charge < -0.3 is 14.9 Å². The van der Waals surface area contributed by atoms with Gasteiger partial charge in [0.2, 0.25) is 0 Å². The van der Waals surface area contributed by atoms with Crippen LogP contribution in [0.3, 0.4) is 0 Å². The molecule has 0 nitrogen and oxygen atoms in total. The summed E-state index contributed by atoms with van der Waals surface area (Å²) in [5.41, 5.74) is 26.3. The van der Waals surface area contributed by atoms with Crippen molar-refractivity contribution in [2.24, 2.45) is 118 Å². The van der Waals surface area contributed by atoms with Gasteiger partial charge in [-0.2, -0.15) is 0 Å². The first-order valence-electron chi connectivity index (χ1n) is 27.6. The molecule has 0 aromatic rings. The summed E-state index contributed by atoms with van der Waals surface area (Å²) in [6.45, 7) is 59.2. The number of hydrogen-bond acceptors (Lipinski definition) is 0. The predicted octanol–water partition coefficient (Wildman–Crippen LogP) is 21.7. The van der Waals surface area contributed by atoms with Crippen molar-refractivity contribution in [2.75, 3.05) is 0 Å². The van der Waals surface area contributed by atoms with Crippen molar-refractivity contribution in [2.45, 2.75) is 199 Å². The molecule has 0 amide bonds. The molecule has 0 bridgehead atoms. The Labute approximate surface area is 454 Å². The number of allylic oxidation sites excluding steroid dienone is 16. The van der Waals surface area contributed by atoms with Crippen LogP contribution < -0.4 is 0 Å². The van der Waals surface area contributed by atoms with E-state index in [1.54, 1.807) is 89.2 Å². The standard InChI is InChI=1S/2C32H50.CH4.2CH3.2ClH.Ti/c2*1-15-17(3)23(9)31-27(19(5)25(11)29(31)21(15)7)13-14-28-20(6)26(12)30-22(8)16(2)18(4)24(10)32(28)30;;;;;;/h2*19-20,25-32H,13-14H2,1-12H3;1H4;2*1H3;2*1H;/q;;;2*-1;;;+2/p-2. The fraction of sp³-hybridized carbons (Fsp3) is 0.731. The van der Waals surface area contributed by atoms with Gasteiger partial charge in [0.15, 0.2) is 0 Å². The monoisotopic (exact) mass is 1030 g/mol. The molecule has 20 unspecified atom stereocenters. The molecule has 8 aliphatic rings. The van der Waals surface area contributed by atoms with Crippen LogP contribution in [0, 0.1) is 133 Å². The maximum absolute atomic E-state index is 4.89. The molecule has 0 aromatic heterocycles. The van der Waals surface area contributed by atoms with Gasteiger partial charge in [0, 0.05) is 0 Å². The maximum atomic E-state index is 4.89. The zero-order chi connectivity index (χ0) is 50.3. The molecular formula is C67H110Cl2Ti-2. The molecule has 4 saturated carbocycles. The Hall–Kier alpha value is -0.786. The minimum absolute atomic E-state index is 0. The normalized spacial score (nSPS) is 41.0. The first-order valence-corrected chi connectivity index (χ1v) is 31.9. The molecule has 0 aromatic carbocycles. The van der Waals surface area contributed by atoms with Crippen molar-refractivity contribution in [3.8, 4) is 0 Å². The van der Waals surface area contributed by atoms with E-state index < -0.39 is 17.0 Å². The van der Waals surface area contributed by atoms with Crippen LogP contribution in [0.25, 0.3) is 0 Å². The van der Waals surface area contributed by atoms with Gasteiger partial charge >= 0.3 is 35.6 Å². The molecule has 3 heteroatoms. The van der Waals surface area contributed by atoms with Crippen LogP contribution in [-0.4, -0.2) is 0 Å². The molecule has 0 N–H and O–H groups in total. The third-order valence-corrected chi connectivity index (χ3v) is 24.3. The molecule has 20 atom stereocenters. The molecule has 8 rings (SSSR count). The van der Waals surface area contributed by atoms with Crippen LogP contribution in [0.15, 0.2) is 89.2 Å². The molecule has 4 fully saturated rings. The van der Waals surface area contributed by atoms with Crippen molar-refractivity contribution in [1.82, 2.24) is 0 Å². The van der Waals surface area contributed by atoms with E-state index in [0.717, 1.165) is 118 Å². The van der Waals surface area contributed by atoms with Crippen molar-refractivity contribution < 1.29 is 17.0 Å². The van der Waals surface area contributed by atoms with Crippen molar-refractivity contribution >= 4 is 18.6 Å². The number of rotatable bonds is 6. The molecule has 0 aliphatic heterocycles. The summed E-state index contributed by atoms with van der Waals surface area (Å²) >= 11 is -0.556. The Kier molecular flexibility index (Phi) is 22.2. The van der Waals surface area contributed by atoms with Gasteiger partial charge in [-0.05, 0) is 299 Å². The molecule has 0 spiro atoms. The second-order valence-electron chi connectivity index (χ2n) is 25.4. The van der Waals surface area contributed by atoms with E-state index in [9.17, 15) is 0 Å². The first-order chi connectivity index (χ1) is 31.2. The predicted molar refractivity (Wildman–Crippen MR) is 312 cm³/mol. The van der Waals surface area contributed by atoms with E-state index in [0.29, 0.717) is 0 Å². The second-order valence-corrected chi connectivity index (χ2v) is 28.0. The summed E-state index contributed by atoms with van der Waals surface area (Å²) < 4.78 is 0. The van der Waals surface area contributed by atoms with Gasteiger partial charge in [0.05, 0.1) is 0 Å². The Balaban J connectivity index is 0.000000337. The average molecular weight is 1030 g/mol. The van der Waals surface area contributed by atoms with Crippen LogP contribution in [0.4, 0.5) is 0 Å². The van der Waals surface area contributed by atoms with Gasteiger partial charge in [-0.25, -0.2) is 0 Å². The second kappa shape index (κ2) is 24.5. The Bertz CT molecular complexity index is 1870. The summed E-state index contributed by atoms with van der Waals surface area (Å²) in [6, 6.07) is 0. The summed E-state index contributed by atoms with van der Waals surface area (Å²) in [5, 5.41) is 0. The summed E-state index contributed by atoms with van der Waals surface area (Å²) in [5.74, 6) is 16.2. The van der Waals surface area contributed by atoms with Gasteiger partial charge in [-0.15, -0.1) is 0 Å². The van der Waals surface area contributed by atoms with Gasteiger partial charge in [0.25, 0.3) is 0 Å². The number of hydrogen-bond donors (Lipinski definition) is 0. The quantitative estimate of drug-likeness (QED) is 0.184. The van der Waals surface area contributed by atoms with Crippen molar-refractivity contribution in [1.29, 1.82) is 0 Å².